The lowest BCUT2D eigenvalue weighted by atomic mass is 9.85. The van der Waals surface area contributed by atoms with Crippen LogP contribution in [0.1, 0.15) is 0 Å². The van der Waals surface area contributed by atoms with Gasteiger partial charge in [0.1, 0.15) is 33.5 Å². The van der Waals surface area contributed by atoms with Crippen LogP contribution in [-0.2, 0) is 0 Å². The Morgan fingerprint density at radius 1 is 0.275 bits per heavy atom. The molecular weight excluding hydrogens is 625 g/mol. The molecule has 0 saturated heterocycles. The maximum absolute atomic E-state index is 6.58. The minimum absolute atomic E-state index is 0.859. The van der Waals surface area contributed by atoms with Crippen LogP contribution in [0.15, 0.2) is 171 Å². The van der Waals surface area contributed by atoms with E-state index >= 15 is 0 Å². The fourth-order valence-corrected chi connectivity index (χ4v) is 8.65. The lowest BCUT2D eigenvalue weighted by Gasteiger charge is -2.18. The van der Waals surface area contributed by atoms with Gasteiger partial charge < -0.3 is 13.3 Å². The molecule has 0 bridgehead atoms. The van der Waals surface area contributed by atoms with Crippen LogP contribution in [-0.4, -0.2) is 0 Å². The molecule has 3 aromatic heterocycles. The molecule has 3 nitrogen and oxygen atoms in total. The molecule has 3 heteroatoms. The van der Waals surface area contributed by atoms with Gasteiger partial charge in [-0.2, -0.15) is 0 Å². The number of fused-ring (bicyclic) bond motifs is 14. The molecule has 9 aromatic carbocycles. The normalized spacial score (nSPS) is 12.3. The van der Waals surface area contributed by atoms with Crippen molar-refractivity contribution in [2.75, 3.05) is 0 Å². The van der Waals surface area contributed by atoms with E-state index in [0.717, 1.165) is 76.8 Å². The Bertz CT molecular complexity index is 3370. The van der Waals surface area contributed by atoms with Crippen molar-refractivity contribution in [2.24, 2.45) is 0 Å². The first-order valence-electron chi connectivity index (χ1n) is 17.3. The molecule has 0 saturated carbocycles. The van der Waals surface area contributed by atoms with Gasteiger partial charge in [-0.15, -0.1) is 0 Å². The van der Waals surface area contributed by atoms with Crippen LogP contribution in [0.3, 0.4) is 0 Å². The summed E-state index contributed by atoms with van der Waals surface area (Å²) in [6.45, 7) is 0. The van der Waals surface area contributed by atoms with Gasteiger partial charge in [0.25, 0.3) is 0 Å². The number of furan rings is 3. The molecule has 0 aliphatic rings. The van der Waals surface area contributed by atoms with Crippen LogP contribution in [0, 0.1) is 0 Å². The van der Waals surface area contributed by atoms with Gasteiger partial charge in [-0.1, -0.05) is 109 Å². The summed E-state index contributed by atoms with van der Waals surface area (Å²) in [4.78, 5) is 0. The third kappa shape index (κ3) is 3.67. The van der Waals surface area contributed by atoms with Crippen LogP contribution in [0.5, 0.6) is 0 Å². The summed E-state index contributed by atoms with van der Waals surface area (Å²) >= 11 is 0. The highest BCUT2D eigenvalue weighted by molar-refractivity contribution is 6.29. The summed E-state index contributed by atoms with van der Waals surface area (Å²) in [7, 11) is 0. The van der Waals surface area contributed by atoms with E-state index in [-0.39, 0.29) is 0 Å². The van der Waals surface area contributed by atoms with Gasteiger partial charge in [0.15, 0.2) is 0 Å². The van der Waals surface area contributed by atoms with Crippen molar-refractivity contribution >= 4 is 98.1 Å². The van der Waals surface area contributed by atoms with Crippen molar-refractivity contribution in [1.82, 2.24) is 0 Å². The zero-order valence-corrected chi connectivity index (χ0v) is 27.2. The highest BCUT2D eigenvalue weighted by atomic mass is 16.3. The molecule has 0 unspecified atom stereocenters. The minimum atomic E-state index is 0.859. The molecule has 0 aliphatic carbocycles. The molecule has 0 spiro atoms. The topological polar surface area (TPSA) is 39.4 Å². The molecule has 236 valence electrons. The van der Waals surface area contributed by atoms with Crippen molar-refractivity contribution in [2.45, 2.75) is 0 Å². The van der Waals surface area contributed by atoms with Gasteiger partial charge in [0.05, 0.1) is 0 Å². The molecular formula is C48H26O3. The number of para-hydroxylation sites is 1. The van der Waals surface area contributed by atoms with E-state index < -0.39 is 0 Å². The molecule has 12 rings (SSSR count). The summed E-state index contributed by atoms with van der Waals surface area (Å²) in [5.74, 6) is 0. The van der Waals surface area contributed by atoms with Crippen LogP contribution >= 0.6 is 0 Å². The van der Waals surface area contributed by atoms with Crippen LogP contribution in [0.4, 0.5) is 0 Å². The van der Waals surface area contributed by atoms with Crippen molar-refractivity contribution < 1.29 is 13.3 Å². The van der Waals surface area contributed by atoms with E-state index in [2.05, 4.69) is 133 Å². The average Bonchev–Trinajstić information content (AvgIpc) is 3.87. The second kappa shape index (κ2) is 9.87. The Labute approximate surface area is 290 Å². The maximum Gasteiger partial charge on any atom is 0.143 e. The Morgan fingerprint density at radius 2 is 0.745 bits per heavy atom. The summed E-state index contributed by atoms with van der Waals surface area (Å²) in [5, 5.41) is 13.8. The van der Waals surface area contributed by atoms with E-state index in [1.54, 1.807) is 0 Å². The second-order valence-corrected chi connectivity index (χ2v) is 13.5. The van der Waals surface area contributed by atoms with Crippen molar-refractivity contribution in [1.29, 1.82) is 0 Å². The smallest absolute Gasteiger partial charge is 0.143 e. The molecule has 51 heavy (non-hydrogen) atoms. The summed E-state index contributed by atoms with van der Waals surface area (Å²) < 4.78 is 19.3. The highest BCUT2D eigenvalue weighted by Crippen LogP contribution is 2.47. The molecule has 0 atom stereocenters. The first-order valence-corrected chi connectivity index (χ1v) is 17.3. The lowest BCUT2D eigenvalue weighted by molar-refractivity contribution is 0.664. The van der Waals surface area contributed by atoms with Gasteiger partial charge in [-0.3, -0.25) is 0 Å². The Hall–Kier alpha value is -6.84. The summed E-state index contributed by atoms with van der Waals surface area (Å²) in [5.41, 5.74) is 10.1. The number of hydrogen-bond donors (Lipinski definition) is 0. The molecule has 0 amide bonds. The Balaban J connectivity index is 1.15. The fraction of sp³-hybridized carbons (Fsp3) is 0. The van der Waals surface area contributed by atoms with E-state index in [4.69, 9.17) is 13.3 Å². The Morgan fingerprint density at radius 3 is 1.43 bits per heavy atom. The standard InChI is InChI=1S/C48H26O3/c1-2-10-30-27(9-1)17-20-36-46-43(51-48(30)36)24-23-42-47(46)38-26-29(19-22-41(38)50-42)45-34-14-5-3-12-32(34)44(33-13-4-6-15-35(33)45)28-18-21-40-37(25-28)31-11-7-8-16-39(31)49-40/h1-26H. The van der Waals surface area contributed by atoms with E-state index in [9.17, 15) is 0 Å². The molecule has 12 aromatic rings. The molecule has 3 heterocycles. The number of rotatable bonds is 2. The van der Waals surface area contributed by atoms with Gasteiger partial charge in [0, 0.05) is 37.7 Å². The summed E-state index contributed by atoms with van der Waals surface area (Å²) in [6, 6.07) is 56.0. The maximum atomic E-state index is 6.58. The molecule has 0 N–H and O–H groups in total. The SMILES string of the molecule is c1ccc2c(c1)ccc1c2oc2ccc3oc4ccc(-c5c6ccccc6c(-c6ccc7oc8ccccc8c7c6)c6ccccc56)cc4c3c21. The van der Waals surface area contributed by atoms with Crippen LogP contribution in [0.25, 0.3) is 120 Å². The molecule has 0 aliphatic heterocycles. The molecule has 0 fully saturated rings. The van der Waals surface area contributed by atoms with E-state index in [0.29, 0.717) is 0 Å². The summed E-state index contributed by atoms with van der Waals surface area (Å²) in [6.07, 6.45) is 0. The minimum Gasteiger partial charge on any atom is -0.456 e. The first-order chi connectivity index (χ1) is 25.3. The van der Waals surface area contributed by atoms with Crippen molar-refractivity contribution in [3.05, 3.63) is 158 Å². The largest absolute Gasteiger partial charge is 0.456 e. The zero-order valence-electron chi connectivity index (χ0n) is 27.2. The highest BCUT2D eigenvalue weighted by Gasteiger charge is 2.21. The van der Waals surface area contributed by atoms with E-state index in [1.807, 2.05) is 24.3 Å². The van der Waals surface area contributed by atoms with Gasteiger partial charge in [-0.05, 0) is 97.7 Å². The zero-order chi connectivity index (χ0) is 33.2. The Kier molecular flexibility index (Phi) is 5.23. The third-order valence-electron chi connectivity index (χ3n) is 10.8. The average molecular weight is 651 g/mol. The predicted molar refractivity (Wildman–Crippen MR) is 212 cm³/mol. The first kappa shape index (κ1) is 27.0. The number of hydrogen-bond acceptors (Lipinski definition) is 3. The fourth-order valence-electron chi connectivity index (χ4n) is 8.65. The van der Waals surface area contributed by atoms with Gasteiger partial charge >= 0.3 is 0 Å². The second-order valence-electron chi connectivity index (χ2n) is 13.5. The quantitative estimate of drug-likeness (QED) is 0.175. The monoisotopic (exact) mass is 650 g/mol. The van der Waals surface area contributed by atoms with Gasteiger partial charge in [-0.25, -0.2) is 0 Å². The van der Waals surface area contributed by atoms with E-state index in [1.165, 1.54) is 43.6 Å². The van der Waals surface area contributed by atoms with Gasteiger partial charge in [0.2, 0.25) is 0 Å². The lowest BCUT2D eigenvalue weighted by Crippen LogP contribution is -1.90. The van der Waals surface area contributed by atoms with Crippen LogP contribution < -0.4 is 0 Å². The molecule has 0 radical (unpaired) electrons. The van der Waals surface area contributed by atoms with Crippen LogP contribution in [0.2, 0.25) is 0 Å². The van der Waals surface area contributed by atoms with Crippen molar-refractivity contribution in [3.8, 4) is 22.3 Å². The van der Waals surface area contributed by atoms with Crippen molar-refractivity contribution in [3.63, 3.8) is 0 Å². The third-order valence-corrected chi connectivity index (χ3v) is 10.8. The predicted octanol–water partition coefficient (Wildman–Crippen LogP) is 14.2. The number of benzene rings is 9.